The lowest BCUT2D eigenvalue weighted by atomic mass is 10.2. The van der Waals surface area contributed by atoms with Gasteiger partial charge < -0.3 is 5.32 Å². The molecule has 0 radical (unpaired) electrons. The van der Waals surface area contributed by atoms with Crippen LogP contribution in [-0.4, -0.2) is 11.9 Å². The highest BCUT2D eigenvalue weighted by Crippen LogP contribution is 1.92. The van der Waals surface area contributed by atoms with E-state index in [4.69, 9.17) is 5.26 Å². The molecule has 0 aliphatic rings. The number of nitrogens with one attached hydrogen (secondary N) is 1. The first-order valence-electron chi connectivity index (χ1n) is 3.94. The van der Waals surface area contributed by atoms with Gasteiger partial charge in [0.1, 0.15) is 6.04 Å². The summed E-state index contributed by atoms with van der Waals surface area (Å²) in [5, 5.41) is 10.9. The average molecular weight is 166 g/mol. The van der Waals surface area contributed by atoms with Crippen molar-refractivity contribution in [3.63, 3.8) is 0 Å². The van der Waals surface area contributed by atoms with Crippen LogP contribution in [0.2, 0.25) is 0 Å². The van der Waals surface area contributed by atoms with E-state index in [0.29, 0.717) is 5.92 Å². The molecule has 0 aliphatic carbocycles. The SMILES string of the molecule is CC(C)/C=C/C(=O)N[C@@H](C)C#N. The van der Waals surface area contributed by atoms with Gasteiger partial charge in [0, 0.05) is 0 Å². The quantitative estimate of drug-likeness (QED) is 0.641. The number of nitriles is 1. The molecule has 0 aromatic carbocycles. The molecule has 1 N–H and O–H groups in total. The highest BCUT2D eigenvalue weighted by molar-refractivity contribution is 5.87. The second-order valence-electron chi connectivity index (χ2n) is 2.96. The van der Waals surface area contributed by atoms with Gasteiger partial charge in [-0.15, -0.1) is 0 Å². The molecule has 0 aromatic rings. The number of rotatable bonds is 3. The third-order valence-electron chi connectivity index (χ3n) is 1.18. The molecule has 0 unspecified atom stereocenters. The molecule has 0 bridgehead atoms. The van der Waals surface area contributed by atoms with Gasteiger partial charge >= 0.3 is 0 Å². The minimum absolute atomic E-state index is 0.210. The summed E-state index contributed by atoms with van der Waals surface area (Å²) in [5.41, 5.74) is 0. The predicted octanol–water partition coefficient (Wildman–Crippen LogP) is 1.23. The second-order valence-corrected chi connectivity index (χ2v) is 2.96. The summed E-state index contributed by atoms with van der Waals surface area (Å²) in [6.07, 6.45) is 3.25. The van der Waals surface area contributed by atoms with Crippen molar-refractivity contribution in [2.75, 3.05) is 0 Å². The smallest absolute Gasteiger partial charge is 0.244 e. The van der Waals surface area contributed by atoms with Crippen LogP contribution in [0, 0.1) is 17.2 Å². The molecule has 0 rings (SSSR count). The summed E-state index contributed by atoms with van der Waals surface area (Å²) in [5.74, 6) is 0.144. The zero-order chi connectivity index (χ0) is 9.56. The summed E-state index contributed by atoms with van der Waals surface area (Å²) in [4.78, 5) is 11.0. The lowest BCUT2D eigenvalue weighted by molar-refractivity contribution is -0.116. The fourth-order valence-corrected chi connectivity index (χ4v) is 0.574. The van der Waals surface area contributed by atoms with Gasteiger partial charge in [-0.05, 0) is 18.9 Å². The maximum absolute atomic E-state index is 11.0. The number of allylic oxidation sites excluding steroid dienone is 1. The second kappa shape index (κ2) is 5.36. The lowest BCUT2D eigenvalue weighted by Gasteiger charge is -2.02. The van der Waals surface area contributed by atoms with Gasteiger partial charge in [-0.2, -0.15) is 5.26 Å². The first kappa shape index (κ1) is 10.7. The molecule has 3 heteroatoms. The number of carbonyl (C=O) groups excluding carboxylic acids is 1. The Morgan fingerprint density at radius 2 is 2.08 bits per heavy atom. The van der Waals surface area contributed by atoms with Crippen molar-refractivity contribution in [3.05, 3.63) is 12.2 Å². The number of carbonyl (C=O) groups is 1. The predicted molar refractivity (Wildman–Crippen MR) is 47.2 cm³/mol. The molecule has 12 heavy (non-hydrogen) atoms. The fraction of sp³-hybridized carbons (Fsp3) is 0.556. The molecule has 0 aliphatic heterocycles. The largest absolute Gasteiger partial charge is 0.337 e. The molecule has 0 heterocycles. The number of hydrogen-bond acceptors (Lipinski definition) is 2. The van der Waals surface area contributed by atoms with Crippen LogP contribution in [0.5, 0.6) is 0 Å². The molecule has 0 aromatic heterocycles. The minimum Gasteiger partial charge on any atom is -0.337 e. The molecular weight excluding hydrogens is 152 g/mol. The summed E-state index contributed by atoms with van der Waals surface area (Å²) in [7, 11) is 0. The maximum Gasteiger partial charge on any atom is 0.244 e. The molecule has 0 saturated carbocycles. The van der Waals surface area contributed by atoms with Crippen LogP contribution in [-0.2, 0) is 4.79 Å². The molecule has 1 atom stereocenters. The topological polar surface area (TPSA) is 52.9 Å². The van der Waals surface area contributed by atoms with Crippen molar-refractivity contribution in [2.45, 2.75) is 26.8 Å². The standard InChI is InChI=1S/C9H14N2O/c1-7(2)4-5-9(12)11-8(3)6-10/h4-5,7-8H,1-3H3,(H,11,12)/b5-4+/t8-/m0/s1. The molecule has 0 saturated heterocycles. The van der Waals surface area contributed by atoms with Crippen LogP contribution in [0.15, 0.2) is 12.2 Å². The first-order valence-corrected chi connectivity index (χ1v) is 3.94. The van der Waals surface area contributed by atoms with E-state index in [9.17, 15) is 4.79 Å². The summed E-state index contributed by atoms with van der Waals surface area (Å²) >= 11 is 0. The van der Waals surface area contributed by atoms with E-state index in [1.165, 1.54) is 6.08 Å². The molecule has 1 amide bonds. The fourth-order valence-electron chi connectivity index (χ4n) is 0.574. The van der Waals surface area contributed by atoms with Gasteiger partial charge in [0.2, 0.25) is 5.91 Å². The van der Waals surface area contributed by atoms with Gasteiger partial charge in [-0.1, -0.05) is 19.9 Å². The van der Waals surface area contributed by atoms with E-state index in [-0.39, 0.29) is 5.91 Å². The summed E-state index contributed by atoms with van der Waals surface area (Å²) < 4.78 is 0. The third kappa shape index (κ3) is 5.48. The van der Waals surface area contributed by atoms with Crippen molar-refractivity contribution in [1.82, 2.24) is 5.32 Å². The van der Waals surface area contributed by atoms with Gasteiger partial charge in [-0.3, -0.25) is 4.79 Å². The Kier molecular flexibility index (Phi) is 4.78. The molecule has 0 fully saturated rings. The van der Waals surface area contributed by atoms with E-state index in [1.807, 2.05) is 19.9 Å². The average Bonchev–Trinajstić information content (AvgIpc) is 2.00. The van der Waals surface area contributed by atoms with Gasteiger partial charge in [0.05, 0.1) is 6.07 Å². The van der Waals surface area contributed by atoms with Crippen molar-refractivity contribution in [1.29, 1.82) is 5.26 Å². The lowest BCUT2D eigenvalue weighted by Crippen LogP contribution is -2.29. The van der Waals surface area contributed by atoms with Crippen LogP contribution in [0.1, 0.15) is 20.8 Å². The minimum atomic E-state index is -0.422. The highest BCUT2D eigenvalue weighted by atomic mass is 16.1. The van der Waals surface area contributed by atoms with E-state index >= 15 is 0 Å². The van der Waals surface area contributed by atoms with Gasteiger partial charge in [-0.25, -0.2) is 0 Å². The molecule has 0 spiro atoms. The van der Waals surface area contributed by atoms with E-state index in [1.54, 1.807) is 13.0 Å². The zero-order valence-corrected chi connectivity index (χ0v) is 7.66. The Labute approximate surface area is 73.1 Å². The van der Waals surface area contributed by atoms with Gasteiger partial charge in [0.25, 0.3) is 0 Å². The Bertz CT molecular complexity index is 213. The molecule has 66 valence electrons. The number of hydrogen-bond donors (Lipinski definition) is 1. The van der Waals surface area contributed by atoms with Crippen molar-refractivity contribution in [3.8, 4) is 6.07 Å². The molecule has 3 nitrogen and oxygen atoms in total. The number of nitrogens with zero attached hydrogens (tertiary/aromatic N) is 1. The van der Waals surface area contributed by atoms with E-state index < -0.39 is 6.04 Å². The van der Waals surface area contributed by atoms with Crippen LogP contribution in [0.4, 0.5) is 0 Å². The molecular formula is C9H14N2O. The first-order chi connectivity index (χ1) is 5.56. The summed E-state index contributed by atoms with van der Waals surface area (Å²) in [6, 6.07) is 1.50. The zero-order valence-electron chi connectivity index (χ0n) is 7.66. The normalized spacial score (nSPS) is 12.9. The van der Waals surface area contributed by atoms with Crippen LogP contribution < -0.4 is 5.32 Å². The van der Waals surface area contributed by atoms with Crippen molar-refractivity contribution >= 4 is 5.91 Å². The van der Waals surface area contributed by atoms with E-state index in [2.05, 4.69) is 5.32 Å². The van der Waals surface area contributed by atoms with Crippen molar-refractivity contribution < 1.29 is 4.79 Å². The summed E-state index contributed by atoms with van der Waals surface area (Å²) in [6.45, 7) is 5.61. The van der Waals surface area contributed by atoms with Crippen molar-refractivity contribution in [2.24, 2.45) is 5.92 Å². The maximum atomic E-state index is 11.0. The number of amides is 1. The Morgan fingerprint density at radius 1 is 1.50 bits per heavy atom. The van der Waals surface area contributed by atoms with Crippen LogP contribution >= 0.6 is 0 Å². The Hall–Kier alpha value is -1.30. The van der Waals surface area contributed by atoms with Crippen LogP contribution in [0.3, 0.4) is 0 Å². The Morgan fingerprint density at radius 3 is 2.50 bits per heavy atom. The Balaban J connectivity index is 3.84. The third-order valence-corrected chi connectivity index (χ3v) is 1.18. The highest BCUT2D eigenvalue weighted by Gasteiger charge is 2.00. The van der Waals surface area contributed by atoms with Gasteiger partial charge in [0.15, 0.2) is 0 Å². The van der Waals surface area contributed by atoms with Crippen LogP contribution in [0.25, 0.3) is 0 Å². The monoisotopic (exact) mass is 166 g/mol. The van der Waals surface area contributed by atoms with E-state index in [0.717, 1.165) is 0 Å².